The number of hydrogen-bond acceptors (Lipinski definition) is 2. The molecular weight excluding hydrogens is 276 g/mol. The van der Waals surface area contributed by atoms with Gasteiger partial charge in [0.25, 0.3) is 0 Å². The third-order valence-electron chi connectivity index (χ3n) is 4.10. The Labute approximate surface area is 134 Å². The van der Waals surface area contributed by atoms with E-state index in [4.69, 9.17) is 5.11 Å². The molecule has 3 nitrogen and oxygen atoms in total. The topological polar surface area (TPSA) is 46.5 Å². The molecule has 124 valence electrons. The SMILES string of the molecule is CCCCCCC(CCCCCOC(=O)O)c1ccccc1. The minimum absolute atomic E-state index is 0.321. The van der Waals surface area contributed by atoms with Gasteiger partial charge in [0.15, 0.2) is 0 Å². The Morgan fingerprint density at radius 3 is 2.23 bits per heavy atom. The van der Waals surface area contributed by atoms with Crippen molar-refractivity contribution in [1.82, 2.24) is 0 Å². The van der Waals surface area contributed by atoms with Gasteiger partial charge >= 0.3 is 6.16 Å². The van der Waals surface area contributed by atoms with E-state index in [1.165, 1.54) is 44.1 Å². The lowest BCUT2D eigenvalue weighted by Gasteiger charge is -2.17. The lowest BCUT2D eigenvalue weighted by atomic mass is 9.88. The van der Waals surface area contributed by atoms with Crippen molar-refractivity contribution in [3.63, 3.8) is 0 Å². The van der Waals surface area contributed by atoms with Crippen LogP contribution in [-0.4, -0.2) is 17.9 Å². The summed E-state index contributed by atoms with van der Waals surface area (Å²) in [5.41, 5.74) is 1.45. The van der Waals surface area contributed by atoms with Gasteiger partial charge < -0.3 is 9.84 Å². The maximum Gasteiger partial charge on any atom is 0.505 e. The number of benzene rings is 1. The minimum atomic E-state index is -1.17. The predicted molar refractivity (Wildman–Crippen MR) is 90.4 cm³/mol. The van der Waals surface area contributed by atoms with Gasteiger partial charge in [0.05, 0.1) is 6.61 Å². The number of unbranched alkanes of at least 4 members (excludes halogenated alkanes) is 5. The van der Waals surface area contributed by atoms with E-state index in [-0.39, 0.29) is 0 Å². The molecule has 0 saturated carbocycles. The third-order valence-corrected chi connectivity index (χ3v) is 4.10. The molecule has 1 N–H and O–H groups in total. The number of hydrogen-bond donors (Lipinski definition) is 1. The zero-order valence-electron chi connectivity index (χ0n) is 13.8. The summed E-state index contributed by atoms with van der Waals surface area (Å²) in [4.78, 5) is 10.3. The van der Waals surface area contributed by atoms with Crippen molar-refractivity contribution in [2.45, 2.75) is 70.6 Å². The Bertz CT molecular complexity index is 389. The average Bonchev–Trinajstić information content (AvgIpc) is 2.53. The molecule has 1 aromatic carbocycles. The Morgan fingerprint density at radius 1 is 1.00 bits per heavy atom. The summed E-state index contributed by atoms with van der Waals surface area (Å²) in [5.74, 6) is 0.637. The number of ether oxygens (including phenoxy) is 1. The fourth-order valence-corrected chi connectivity index (χ4v) is 2.85. The Balaban J connectivity index is 2.30. The largest absolute Gasteiger partial charge is 0.505 e. The van der Waals surface area contributed by atoms with Crippen LogP contribution in [0.2, 0.25) is 0 Å². The lowest BCUT2D eigenvalue weighted by molar-refractivity contribution is 0.0899. The fraction of sp³-hybridized carbons (Fsp3) is 0.632. The van der Waals surface area contributed by atoms with Gasteiger partial charge in [-0.25, -0.2) is 4.79 Å². The first-order valence-electron chi connectivity index (χ1n) is 8.64. The highest BCUT2D eigenvalue weighted by molar-refractivity contribution is 5.56. The molecule has 0 heterocycles. The smallest absolute Gasteiger partial charge is 0.450 e. The van der Waals surface area contributed by atoms with Crippen LogP contribution in [-0.2, 0) is 4.74 Å². The van der Waals surface area contributed by atoms with Gasteiger partial charge in [-0.3, -0.25) is 0 Å². The van der Waals surface area contributed by atoms with Crippen LogP contribution < -0.4 is 0 Å². The Hall–Kier alpha value is -1.51. The first-order valence-corrected chi connectivity index (χ1v) is 8.64. The van der Waals surface area contributed by atoms with Crippen molar-refractivity contribution in [2.75, 3.05) is 6.61 Å². The maximum atomic E-state index is 10.3. The van der Waals surface area contributed by atoms with Crippen LogP contribution in [0.3, 0.4) is 0 Å². The van der Waals surface area contributed by atoms with E-state index in [1.807, 2.05) is 0 Å². The quantitative estimate of drug-likeness (QED) is 0.381. The highest BCUT2D eigenvalue weighted by atomic mass is 16.7. The summed E-state index contributed by atoms with van der Waals surface area (Å²) in [6.45, 7) is 2.57. The predicted octanol–water partition coefficient (Wildman–Crippen LogP) is 6.00. The average molecular weight is 306 g/mol. The first-order chi connectivity index (χ1) is 10.7. The van der Waals surface area contributed by atoms with E-state index in [0.717, 1.165) is 19.3 Å². The number of carboxylic acid groups (broad SMARTS) is 1. The summed E-state index contributed by atoms with van der Waals surface area (Å²) in [7, 11) is 0. The van der Waals surface area contributed by atoms with Crippen LogP contribution in [0.1, 0.15) is 76.2 Å². The molecule has 0 radical (unpaired) electrons. The highest BCUT2D eigenvalue weighted by Gasteiger charge is 2.10. The summed E-state index contributed by atoms with van der Waals surface area (Å²) < 4.78 is 4.54. The van der Waals surface area contributed by atoms with Crippen LogP contribution in [0.4, 0.5) is 4.79 Å². The van der Waals surface area contributed by atoms with Gasteiger partial charge in [-0.1, -0.05) is 75.8 Å². The Morgan fingerprint density at radius 2 is 1.64 bits per heavy atom. The van der Waals surface area contributed by atoms with Crippen molar-refractivity contribution in [3.8, 4) is 0 Å². The molecule has 0 aliphatic heterocycles. The Kier molecular flexibility index (Phi) is 10.2. The standard InChI is InChI=1S/C19H30O3/c1-2-3-4-7-12-17(18-13-8-5-9-14-18)15-10-6-11-16-22-19(20)21/h5,8-9,13-14,17H,2-4,6-7,10-12,15-16H2,1H3,(H,20,21). The first kappa shape index (κ1) is 18.5. The van der Waals surface area contributed by atoms with Crippen LogP contribution >= 0.6 is 0 Å². The molecule has 1 atom stereocenters. The van der Waals surface area contributed by atoms with E-state index in [2.05, 4.69) is 42.0 Å². The van der Waals surface area contributed by atoms with E-state index in [0.29, 0.717) is 12.5 Å². The molecule has 0 saturated heterocycles. The van der Waals surface area contributed by atoms with Crippen LogP contribution in [0.15, 0.2) is 30.3 Å². The molecule has 0 aliphatic carbocycles. The van der Waals surface area contributed by atoms with Gasteiger partial charge in [-0.05, 0) is 30.7 Å². The van der Waals surface area contributed by atoms with Crippen molar-refractivity contribution in [2.24, 2.45) is 0 Å². The molecule has 0 spiro atoms. The second-order valence-corrected chi connectivity index (χ2v) is 5.92. The van der Waals surface area contributed by atoms with Gasteiger partial charge in [0.2, 0.25) is 0 Å². The van der Waals surface area contributed by atoms with Crippen molar-refractivity contribution in [3.05, 3.63) is 35.9 Å². The van der Waals surface area contributed by atoms with E-state index in [1.54, 1.807) is 0 Å². The second-order valence-electron chi connectivity index (χ2n) is 5.92. The van der Waals surface area contributed by atoms with Gasteiger partial charge in [0.1, 0.15) is 0 Å². The molecule has 22 heavy (non-hydrogen) atoms. The molecule has 1 aromatic rings. The molecule has 3 heteroatoms. The van der Waals surface area contributed by atoms with E-state index >= 15 is 0 Å². The highest BCUT2D eigenvalue weighted by Crippen LogP contribution is 2.28. The normalized spacial score (nSPS) is 12.0. The van der Waals surface area contributed by atoms with E-state index in [9.17, 15) is 4.79 Å². The summed E-state index contributed by atoms with van der Waals surface area (Å²) in [6.07, 6.45) is 9.50. The van der Waals surface area contributed by atoms with Crippen LogP contribution in [0, 0.1) is 0 Å². The third kappa shape index (κ3) is 8.71. The lowest BCUT2D eigenvalue weighted by Crippen LogP contribution is -2.03. The molecule has 0 aromatic heterocycles. The zero-order valence-corrected chi connectivity index (χ0v) is 13.8. The van der Waals surface area contributed by atoms with Gasteiger partial charge in [-0.15, -0.1) is 0 Å². The number of rotatable bonds is 12. The molecule has 0 fully saturated rings. The second kappa shape index (κ2) is 12.1. The van der Waals surface area contributed by atoms with Crippen molar-refractivity contribution in [1.29, 1.82) is 0 Å². The maximum absolute atomic E-state index is 10.3. The van der Waals surface area contributed by atoms with Crippen molar-refractivity contribution < 1.29 is 14.6 Å². The minimum Gasteiger partial charge on any atom is -0.450 e. The monoisotopic (exact) mass is 306 g/mol. The molecule has 1 unspecified atom stereocenters. The summed E-state index contributed by atoms with van der Waals surface area (Å²) >= 11 is 0. The fourth-order valence-electron chi connectivity index (χ4n) is 2.85. The summed E-state index contributed by atoms with van der Waals surface area (Å²) in [5, 5.41) is 8.43. The molecule has 0 bridgehead atoms. The molecule has 0 amide bonds. The zero-order chi connectivity index (χ0) is 16.0. The molecular formula is C19H30O3. The van der Waals surface area contributed by atoms with Crippen LogP contribution in [0.25, 0.3) is 0 Å². The molecule has 0 aliphatic rings. The van der Waals surface area contributed by atoms with Gasteiger partial charge in [0, 0.05) is 0 Å². The number of carbonyl (C=O) groups is 1. The van der Waals surface area contributed by atoms with Crippen molar-refractivity contribution >= 4 is 6.16 Å². The summed E-state index contributed by atoms with van der Waals surface area (Å²) in [6, 6.07) is 10.8. The van der Waals surface area contributed by atoms with Crippen LogP contribution in [0.5, 0.6) is 0 Å². The van der Waals surface area contributed by atoms with E-state index < -0.39 is 6.16 Å². The van der Waals surface area contributed by atoms with Gasteiger partial charge in [-0.2, -0.15) is 0 Å². The molecule has 1 rings (SSSR count).